The Kier molecular flexibility index (Phi) is 11.0. The van der Waals surface area contributed by atoms with Crippen LogP contribution in [0, 0.1) is 0 Å². The molecule has 0 radical (unpaired) electrons. The first-order valence-corrected chi connectivity index (χ1v) is 6.90. The Bertz CT molecular complexity index is 257. The molecule has 6 nitrogen and oxygen atoms in total. The molecular weight excluding hydrogens is 240 g/mol. The van der Waals surface area contributed by atoms with Crippen molar-refractivity contribution in [2.24, 2.45) is 5.11 Å². The van der Waals surface area contributed by atoms with Crippen LogP contribution >= 0.6 is 11.8 Å². The second kappa shape index (κ2) is 11.6. The van der Waals surface area contributed by atoms with Gasteiger partial charge in [-0.15, -0.1) is 0 Å². The molecule has 0 heterocycles. The second-order valence-corrected chi connectivity index (χ2v) is 4.59. The van der Waals surface area contributed by atoms with Crippen molar-refractivity contribution in [2.45, 2.75) is 26.3 Å². The largest absolute Gasteiger partial charge is 0.465 e. The van der Waals surface area contributed by atoms with Gasteiger partial charge in [-0.1, -0.05) is 12.0 Å². The zero-order chi connectivity index (χ0) is 12.9. The molecule has 0 spiro atoms. The fourth-order valence-electron chi connectivity index (χ4n) is 1.23. The summed E-state index contributed by atoms with van der Waals surface area (Å²) in [4.78, 5) is 14.3. The Morgan fingerprint density at radius 3 is 2.94 bits per heavy atom. The lowest BCUT2D eigenvalue weighted by Crippen LogP contribution is -2.39. The summed E-state index contributed by atoms with van der Waals surface area (Å²) in [5.41, 5.74) is 8.13. The lowest BCUT2D eigenvalue weighted by molar-refractivity contribution is -0.145. The van der Waals surface area contributed by atoms with Crippen LogP contribution in [0.4, 0.5) is 0 Å². The van der Waals surface area contributed by atoms with Crippen molar-refractivity contribution in [3.63, 3.8) is 0 Å². The van der Waals surface area contributed by atoms with Crippen molar-refractivity contribution in [1.82, 2.24) is 5.32 Å². The Morgan fingerprint density at radius 2 is 2.35 bits per heavy atom. The molecule has 0 aromatic rings. The number of rotatable bonds is 10. The smallest absolute Gasteiger partial charge is 0.323 e. The average molecular weight is 260 g/mol. The van der Waals surface area contributed by atoms with Crippen molar-refractivity contribution < 1.29 is 9.53 Å². The lowest BCUT2D eigenvalue weighted by Gasteiger charge is -2.16. The van der Waals surface area contributed by atoms with Crippen LogP contribution < -0.4 is 5.32 Å². The van der Waals surface area contributed by atoms with Crippen LogP contribution in [0.15, 0.2) is 5.11 Å². The van der Waals surface area contributed by atoms with Crippen molar-refractivity contribution in [3.05, 3.63) is 10.4 Å². The predicted molar refractivity (Wildman–Crippen MR) is 70.1 cm³/mol. The van der Waals surface area contributed by atoms with Crippen LogP contribution in [0.2, 0.25) is 0 Å². The zero-order valence-electron chi connectivity index (χ0n) is 10.4. The molecule has 0 aromatic carbocycles. The number of hydrogen-bond donors (Lipinski definition) is 1. The van der Waals surface area contributed by atoms with E-state index in [0.29, 0.717) is 19.7 Å². The van der Waals surface area contributed by atoms with E-state index in [4.69, 9.17) is 10.3 Å². The second-order valence-electron chi connectivity index (χ2n) is 3.20. The van der Waals surface area contributed by atoms with E-state index in [1.54, 1.807) is 18.7 Å². The van der Waals surface area contributed by atoms with E-state index in [1.165, 1.54) is 0 Å². The summed E-state index contributed by atoms with van der Waals surface area (Å²) in [7, 11) is 0. The summed E-state index contributed by atoms with van der Waals surface area (Å²) in [6, 6.07) is -0.303. The minimum atomic E-state index is -0.303. The van der Waals surface area contributed by atoms with E-state index in [-0.39, 0.29) is 12.0 Å². The number of ether oxygens (including phenoxy) is 1. The summed E-state index contributed by atoms with van der Waals surface area (Å²) in [6.45, 7) is 5.08. The van der Waals surface area contributed by atoms with Crippen LogP contribution in [0.1, 0.15) is 20.3 Å². The molecule has 0 saturated carbocycles. The molecule has 7 heteroatoms. The highest BCUT2D eigenvalue weighted by Gasteiger charge is 2.18. The Hall–Kier alpha value is -0.910. The minimum absolute atomic E-state index is 0.231. The van der Waals surface area contributed by atoms with Gasteiger partial charge in [0.15, 0.2) is 0 Å². The molecule has 0 saturated heterocycles. The van der Waals surface area contributed by atoms with Gasteiger partial charge in [0.2, 0.25) is 0 Å². The Labute approximate surface area is 106 Å². The standard InChI is InChI=1S/C10H20N4O2S/c1-3-16-10(15)9(5-8-17-4-2)12-6-7-13-14-11/h9,12H,3-8H2,1-2H3. The van der Waals surface area contributed by atoms with Gasteiger partial charge in [-0.05, 0) is 30.4 Å². The monoisotopic (exact) mass is 260 g/mol. The van der Waals surface area contributed by atoms with Gasteiger partial charge >= 0.3 is 5.97 Å². The highest BCUT2D eigenvalue weighted by atomic mass is 32.2. The molecule has 1 unspecified atom stereocenters. The van der Waals surface area contributed by atoms with Crippen LogP contribution in [0.5, 0.6) is 0 Å². The van der Waals surface area contributed by atoms with Gasteiger partial charge in [0.25, 0.3) is 0 Å². The number of carbonyl (C=O) groups is 1. The van der Waals surface area contributed by atoms with Gasteiger partial charge in [0, 0.05) is 18.0 Å². The Balaban J connectivity index is 4.00. The van der Waals surface area contributed by atoms with Gasteiger partial charge in [-0.25, -0.2) is 0 Å². The van der Waals surface area contributed by atoms with Gasteiger partial charge < -0.3 is 10.1 Å². The maximum Gasteiger partial charge on any atom is 0.323 e. The highest BCUT2D eigenvalue weighted by molar-refractivity contribution is 7.99. The molecule has 0 rings (SSSR count). The molecule has 0 amide bonds. The molecule has 0 aliphatic rings. The maximum atomic E-state index is 11.6. The molecule has 0 aliphatic heterocycles. The third kappa shape index (κ3) is 8.85. The van der Waals surface area contributed by atoms with E-state index in [2.05, 4.69) is 22.3 Å². The minimum Gasteiger partial charge on any atom is -0.465 e. The third-order valence-corrected chi connectivity index (χ3v) is 2.92. The average Bonchev–Trinajstić information content (AvgIpc) is 2.32. The molecule has 0 fully saturated rings. The molecule has 1 N–H and O–H groups in total. The quantitative estimate of drug-likeness (QED) is 0.214. The number of esters is 1. The van der Waals surface area contributed by atoms with Gasteiger partial charge in [-0.3, -0.25) is 4.79 Å². The first-order chi connectivity index (χ1) is 8.26. The van der Waals surface area contributed by atoms with Crippen molar-refractivity contribution in [3.8, 4) is 0 Å². The summed E-state index contributed by atoms with van der Waals surface area (Å²) in [6.07, 6.45) is 0.730. The highest BCUT2D eigenvalue weighted by Crippen LogP contribution is 2.05. The van der Waals surface area contributed by atoms with E-state index in [1.807, 2.05) is 0 Å². The molecule has 0 bridgehead atoms. The normalized spacial score (nSPS) is 11.6. The molecule has 0 aliphatic carbocycles. The van der Waals surface area contributed by atoms with Crippen molar-refractivity contribution in [1.29, 1.82) is 0 Å². The number of carbonyl (C=O) groups excluding carboxylic acids is 1. The fraction of sp³-hybridized carbons (Fsp3) is 0.900. The fourth-order valence-corrected chi connectivity index (χ4v) is 1.92. The molecular formula is C10H20N4O2S. The van der Waals surface area contributed by atoms with Gasteiger partial charge in [0.1, 0.15) is 6.04 Å². The molecule has 0 aromatic heterocycles. The topological polar surface area (TPSA) is 87.1 Å². The van der Waals surface area contributed by atoms with E-state index in [9.17, 15) is 4.79 Å². The van der Waals surface area contributed by atoms with Crippen molar-refractivity contribution in [2.75, 3.05) is 31.2 Å². The first kappa shape index (κ1) is 16.1. The van der Waals surface area contributed by atoms with Gasteiger partial charge in [0.05, 0.1) is 6.61 Å². The lowest BCUT2D eigenvalue weighted by atomic mass is 10.2. The summed E-state index contributed by atoms with van der Waals surface area (Å²) < 4.78 is 4.98. The first-order valence-electron chi connectivity index (χ1n) is 5.74. The molecule has 17 heavy (non-hydrogen) atoms. The Morgan fingerprint density at radius 1 is 1.59 bits per heavy atom. The van der Waals surface area contributed by atoms with Crippen LogP contribution in [-0.2, 0) is 9.53 Å². The van der Waals surface area contributed by atoms with E-state index >= 15 is 0 Å². The summed E-state index contributed by atoms with van der Waals surface area (Å²) in [5, 5.41) is 6.45. The zero-order valence-corrected chi connectivity index (χ0v) is 11.2. The third-order valence-electron chi connectivity index (χ3n) is 1.99. The van der Waals surface area contributed by atoms with Crippen LogP contribution in [0.25, 0.3) is 10.4 Å². The summed E-state index contributed by atoms with van der Waals surface area (Å²) in [5.74, 6) is 1.72. The molecule has 98 valence electrons. The van der Waals surface area contributed by atoms with Crippen LogP contribution in [0.3, 0.4) is 0 Å². The van der Waals surface area contributed by atoms with E-state index in [0.717, 1.165) is 17.9 Å². The maximum absolute atomic E-state index is 11.6. The van der Waals surface area contributed by atoms with Crippen molar-refractivity contribution >= 4 is 17.7 Å². The number of hydrogen-bond acceptors (Lipinski definition) is 5. The predicted octanol–water partition coefficient (Wildman–Crippen LogP) is 1.96. The molecule has 1 atom stereocenters. The van der Waals surface area contributed by atoms with Crippen LogP contribution in [-0.4, -0.2) is 43.2 Å². The number of azide groups is 1. The summed E-state index contributed by atoms with van der Waals surface area (Å²) >= 11 is 1.79. The number of nitrogens with one attached hydrogen (secondary N) is 1. The number of thioether (sulfide) groups is 1. The van der Waals surface area contributed by atoms with Gasteiger partial charge in [-0.2, -0.15) is 11.8 Å². The SMILES string of the molecule is CCOC(=O)C(CCSCC)NCCN=[N+]=[N-]. The van der Waals surface area contributed by atoms with E-state index < -0.39 is 0 Å². The number of nitrogens with zero attached hydrogens (tertiary/aromatic N) is 3.